The van der Waals surface area contributed by atoms with Crippen molar-refractivity contribution < 1.29 is 0 Å². The minimum atomic E-state index is 0.910. The molecule has 0 saturated carbocycles. The van der Waals surface area contributed by atoms with Gasteiger partial charge in [0.1, 0.15) is 5.82 Å². The van der Waals surface area contributed by atoms with E-state index in [-0.39, 0.29) is 0 Å². The van der Waals surface area contributed by atoms with Crippen molar-refractivity contribution in [3.05, 3.63) is 120 Å². The molecule has 0 aliphatic rings. The van der Waals surface area contributed by atoms with Gasteiger partial charge in [-0.1, -0.05) is 79.4 Å². The summed E-state index contributed by atoms with van der Waals surface area (Å²) in [4.78, 5) is 0. The van der Waals surface area contributed by atoms with Crippen molar-refractivity contribution in [3.8, 4) is 0 Å². The Balaban J connectivity index is 0.000000488. The van der Waals surface area contributed by atoms with Crippen molar-refractivity contribution in [2.75, 3.05) is 20.1 Å². The fraction of sp³-hybridized carbons (Fsp3) is 0.312. The third-order valence-electron chi connectivity index (χ3n) is 5.66. The van der Waals surface area contributed by atoms with E-state index in [2.05, 4.69) is 130 Å². The first-order chi connectivity index (χ1) is 17.2. The zero-order valence-corrected chi connectivity index (χ0v) is 23.1. The molecule has 1 heterocycles. The first kappa shape index (κ1) is 30.4. The van der Waals surface area contributed by atoms with E-state index in [9.17, 15) is 0 Å². The number of nitrogens with zero attached hydrogens (tertiary/aromatic N) is 2. The summed E-state index contributed by atoms with van der Waals surface area (Å²) in [5, 5.41) is 11.3. The summed E-state index contributed by atoms with van der Waals surface area (Å²) in [6.45, 7) is 23.0. The van der Waals surface area contributed by atoms with E-state index < -0.39 is 0 Å². The van der Waals surface area contributed by atoms with Gasteiger partial charge in [0, 0.05) is 12.2 Å². The maximum absolute atomic E-state index is 4.53. The molecule has 0 unspecified atom stereocenters. The molecule has 0 saturated heterocycles. The lowest BCUT2D eigenvalue weighted by molar-refractivity contribution is 0.645. The third-order valence-corrected chi connectivity index (χ3v) is 5.66. The number of hydrogen-bond acceptors (Lipinski definition) is 3. The maximum atomic E-state index is 4.53. The van der Waals surface area contributed by atoms with Crippen molar-refractivity contribution >= 4 is 11.4 Å². The highest BCUT2D eigenvalue weighted by Crippen LogP contribution is 2.21. The molecule has 0 atom stereocenters. The second kappa shape index (κ2) is 16.9. The molecular weight excluding hydrogens is 440 g/mol. The van der Waals surface area contributed by atoms with Gasteiger partial charge in [0.2, 0.25) is 0 Å². The van der Waals surface area contributed by atoms with Crippen LogP contribution in [0.2, 0.25) is 0 Å². The second-order valence-electron chi connectivity index (χ2n) is 8.84. The predicted octanol–water partition coefficient (Wildman–Crippen LogP) is 7.17. The molecule has 0 aliphatic carbocycles. The first-order valence-electron chi connectivity index (χ1n) is 12.4. The molecule has 0 aliphatic heterocycles. The molecule has 3 aromatic rings. The first-order valence-corrected chi connectivity index (χ1v) is 12.4. The molecule has 4 heteroatoms. The molecule has 2 aromatic carbocycles. The van der Waals surface area contributed by atoms with Gasteiger partial charge >= 0.3 is 0 Å². The summed E-state index contributed by atoms with van der Waals surface area (Å²) in [6, 6.07) is 16.8. The molecule has 0 fully saturated rings. The van der Waals surface area contributed by atoms with Gasteiger partial charge in [0.25, 0.3) is 0 Å². The summed E-state index contributed by atoms with van der Waals surface area (Å²) in [7, 11) is 1.99. The monoisotopic (exact) mass is 484 g/mol. The Morgan fingerprint density at radius 1 is 0.889 bits per heavy atom. The van der Waals surface area contributed by atoms with Crippen LogP contribution in [0.5, 0.6) is 0 Å². The van der Waals surface area contributed by atoms with E-state index in [1.54, 1.807) is 0 Å². The van der Waals surface area contributed by atoms with Gasteiger partial charge in [-0.2, -0.15) is 5.10 Å². The fourth-order valence-electron chi connectivity index (χ4n) is 3.38. The summed E-state index contributed by atoms with van der Waals surface area (Å²) in [5.74, 6) is 0.975. The normalized spacial score (nSPS) is 10.3. The number of nitrogens with one attached hydrogen (secondary N) is 2. The van der Waals surface area contributed by atoms with Crippen LogP contribution in [0.3, 0.4) is 0 Å². The summed E-state index contributed by atoms with van der Waals surface area (Å²) in [6.07, 6.45) is 6.25. The third kappa shape index (κ3) is 10.8. The Morgan fingerprint density at radius 2 is 1.44 bits per heavy atom. The molecule has 0 amide bonds. The lowest BCUT2D eigenvalue weighted by atomic mass is 10.0. The van der Waals surface area contributed by atoms with E-state index >= 15 is 0 Å². The van der Waals surface area contributed by atoms with Crippen LogP contribution in [0.4, 0.5) is 0 Å². The number of unbranched alkanes of at least 4 members (excludes halogenated alkanes) is 1. The van der Waals surface area contributed by atoms with Gasteiger partial charge in [-0.05, 0) is 89.4 Å². The molecule has 36 heavy (non-hydrogen) atoms. The molecule has 4 nitrogen and oxygen atoms in total. The molecule has 192 valence electrons. The minimum Gasteiger partial charge on any atom is -0.370 e. The van der Waals surface area contributed by atoms with Crippen LogP contribution in [0, 0.1) is 34.6 Å². The van der Waals surface area contributed by atoms with Gasteiger partial charge in [0.05, 0.1) is 6.20 Å². The number of allylic oxidation sites excluding steroid dienone is 2. The number of benzene rings is 2. The minimum absolute atomic E-state index is 0.910. The van der Waals surface area contributed by atoms with Crippen LogP contribution >= 0.6 is 0 Å². The van der Waals surface area contributed by atoms with Crippen LogP contribution in [0.15, 0.2) is 86.3 Å². The predicted molar refractivity (Wildman–Crippen MR) is 158 cm³/mol. The number of hydrogen-bond donors (Lipinski definition) is 2. The number of aromatic nitrogens is 2. The second-order valence-corrected chi connectivity index (χ2v) is 8.84. The quantitative estimate of drug-likeness (QED) is 0.192. The van der Waals surface area contributed by atoms with Crippen molar-refractivity contribution in [2.45, 2.75) is 47.5 Å². The highest BCUT2D eigenvalue weighted by molar-refractivity contribution is 5.79. The summed E-state index contributed by atoms with van der Waals surface area (Å²) < 4.78 is 1.97. The van der Waals surface area contributed by atoms with Gasteiger partial charge in [0.15, 0.2) is 0 Å². The van der Waals surface area contributed by atoms with E-state index in [4.69, 9.17) is 0 Å². The largest absolute Gasteiger partial charge is 0.370 e. The van der Waals surface area contributed by atoms with E-state index in [0.717, 1.165) is 43.0 Å². The van der Waals surface area contributed by atoms with E-state index in [1.165, 1.54) is 27.8 Å². The Hall–Kier alpha value is -3.59. The number of aryl methyl sites for hydroxylation is 4. The maximum Gasteiger partial charge on any atom is 0.128 e. The Bertz CT molecular complexity index is 1110. The van der Waals surface area contributed by atoms with Gasteiger partial charge in [-0.3, -0.25) is 0 Å². The number of rotatable bonds is 9. The van der Waals surface area contributed by atoms with Gasteiger partial charge in [-0.15, -0.1) is 5.73 Å². The Labute approximate surface area is 219 Å². The molecule has 0 bridgehead atoms. The van der Waals surface area contributed by atoms with E-state index in [0.29, 0.717) is 0 Å². The lowest BCUT2D eigenvalue weighted by Gasteiger charge is -2.15. The average molecular weight is 485 g/mol. The smallest absolute Gasteiger partial charge is 0.128 e. The van der Waals surface area contributed by atoms with Crippen LogP contribution in [0.25, 0.3) is 11.4 Å². The fourth-order valence-corrected chi connectivity index (χ4v) is 3.38. The Morgan fingerprint density at radius 3 is 1.94 bits per heavy atom. The zero-order valence-electron chi connectivity index (χ0n) is 23.1. The molecule has 3 rings (SSSR count). The molecule has 2 N–H and O–H groups in total. The van der Waals surface area contributed by atoms with Crippen LogP contribution in [-0.2, 0) is 0 Å². The zero-order chi connectivity index (χ0) is 26.9. The highest BCUT2D eigenvalue weighted by Gasteiger charge is 2.09. The van der Waals surface area contributed by atoms with Gasteiger partial charge in [-0.25, -0.2) is 4.68 Å². The van der Waals surface area contributed by atoms with Crippen molar-refractivity contribution in [1.29, 1.82) is 0 Å². The summed E-state index contributed by atoms with van der Waals surface area (Å²) >= 11 is 0. The average Bonchev–Trinajstić information content (AvgIpc) is 3.19. The topological polar surface area (TPSA) is 41.9 Å². The van der Waals surface area contributed by atoms with Gasteiger partial charge < -0.3 is 10.6 Å². The van der Waals surface area contributed by atoms with Crippen LogP contribution in [0.1, 0.15) is 46.4 Å². The van der Waals surface area contributed by atoms with Crippen molar-refractivity contribution in [2.24, 2.45) is 0 Å². The molecule has 0 radical (unpaired) electrons. The van der Waals surface area contributed by atoms with Crippen LogP contribution < -0.4 is 10.6 Å². The summed E-state index contributed by atoms with van der Waals surface area (Å²) in [5.41, 5.74) is 10.6. The molecule has 1 aromatic heterocycles. The highest BCUT2D eigenvalue weighted by atomic mass is 15.3. The SMILES string of the molecule is C=C(/C=C(/NCCCCNC)n1ncc(C)c1C)c1ccccc1C.C=C=C.Cc1ccc(C)cc1. The van der Waals surface area contributed by atoms with Crippen molar-refractivity contribution in [3.63, 3.8) is 0 Å². The van der Waals surface area contributed by atoms with Crippen LogP contribution in [-0.4, -0.2) is 29.9 Å². The van der Waals surface area contributed by atoms with E-state index in [1.807, 2.05) is 17.9 Å². The van der Waals surface area contributed by atoms with Crippen molar-refractivity contribution in [1.82, 2.24) is 20.4 Å². The molecule has 0 spiro atoms. The Kier molecular flexibility index (Phi) is 14.3. The lowest BCUT2D eigenvalue weighted by Crippen LogP contribution is -2.21. The molecular formula is C32H44N4. The standard InChI is InChI=1S/C21H30N4.C8H10.C3H4/c1-16-10-6-7-11-20(16)17(2)14-21(23-13-9-8-12-22-5)25-19(4)18(3)15-24-25;1-7-3-5-8(2)6-4-7;1-3-2/h6-7,10-11,14-15,22-23H,2,8-9,12-13H2,1,3-5H3;3-6H,1-2H3;1-2H2/b21-14-;;.